The van der Waals surface area contributed by atoms with Gasteiger partial charge in [0.2, 0.25) is 0 Å². The summed E-state index contributed by atoms with van der Waals surface area (Å²) in [6, 6.07) is 11.5. The van der Waals surface area contributed by atoms with Crippen LogP contribution in [0.25, 0.3) is 22.1 Å². The van der Waals surface area contributed by atoms with Crippen LogP contribution >= 0.6 is 0 Å². The van der Waals surface area contributed by atoms with Gasteiger partial charge in [0, 0.05) is 17.0 Å². The van der Waals surface area contributed by atoms with E-state index in [9.17, 15) is 9.18 Å². The van der Waals surface area contributed by atoms with Gasteiger partial charge >= 0.3 is 5.63 Å². The Morgan fingerprint density at radius 1 is 1.25 bits per heavy atom. The lowest BCUT2D eigenvalue weighted by molar-refractivity contribution is 0.416. The highest BCUT2D eigenvalue weighted by atomic mass is 19.1. The zero-order valence-corrected chi connectivity index (χ0v) is 13.3. The molecule has 3 rings (SSSR count). The van der Waals surface area contributed by atoms with Crippen molar-refractivity contribution in [2.24, 2.45) is 0 Å². The Hall–Kier alpha value is -2.88. The third-order valence-electron chi connectivity index (χ3n) is 3.95. The predicted octanol–water partition coefficient (Wildman–Crippen LogP) is 4.73. The molecule has 0 radical (unpaired) electrons. The summed E-state index contributed by atoms with van der Waals surface area (Å²) in [6.45, 7) is 3.74. The van der Waals surface area contributed by atoms with Crippen molar-refractivity contribution in [3.63, 3.8) is 0 Å². The maximum atomic E-state index is 13.5. The molecule has 1 aromatic heterocycles. The highest BCUT2D eigenvalue weighted by Crippen LogP contribution is 2.34. The molecule has 0 saturated carbocycles. The van der Waals surface area contributed by atoms with Crippen molar-refractivity contribution in [2.45, 2.75) is 12.8 Å². The van der Waals surface area contributed by atoms with Gasteiger partial charge in [-0.25, -0.2) is 9.18 Å². The topological polar surface area (TPSA) is 39.4 Å². The minimum atomic E-state index is -0.503. The smallest absolute Gasteiger partial charge is 0.344 e. The number of benzene rings is 2. The van der Waals surface area contributed by atoms with Gasteiger partial charge < -0.3 is 9.15 Å². The number of rotatable bonds is 5. The van der Waals surface area contributed by atoms with Crippen molar-refractivity contribution in [1.29, 1.82) is 0 Å². The SMILES string of the molecule is C=CCCc1c(-c2ccccc2OC)c(=O)oc2cc(F)ccc12. The number of halogens is 1. The van der Waals surface area contributed by atoms with Gasteiger partial charge in [0.15, 0.2) is 0 Å². The molecule has 0 amide bonds. The van der Waals surface area contributed by atoms with Crippen molar-refractivity contribution in [3.05, 3.63) is 76.9 Å². The minimum absolute atomic E-state index is 0.248. The number of para-hydroxylation sites is 1. The fourth-order valence-electron chi connectivity index (χ4n) is 2.87. The fourth-order valence-corrected chi connectivity index (χ4v) is 2.87. The van der Waals surface area contributed by atoms with E-state index in [0.29, 0.717) is 29.7 Å². The largest absolute Gasteiger partial charge is 0.496 e. The highest BCUT2D eigenvalue weighted by molar-refractivity contribution is 5.88. The summed E-state index contributed by atoms with van der Waals surface area (Å²) >= 11 is 0. The third kappa shape index (κ3) is 2.83. The lowest BCUT2D eigenvalue weighted by atomic mass is 9.94. The van der Waals surface area contributed by atoms with E-state index in [1.807, 2.05) is 18.2 Å². The Morgan fingerprint density at radius 3 is 2.79 bits per heavy atom. The molecule has 0 spiro atoms. The van der Waals surface area contributed by atoms with Crippen molar-refractivity contribution >= 4 is 11.0 Å². The van der Waals surface area contributed by atoms with E-state index in [1.54, 1.807) is 25.3 Å². The first-order valence-electron chi connectivity index (χ1n) is 7.65. The molecule has 0 fully saturated rings. The Bertz CT molecular complexity index is 957. The second-order valence-corrected chi connectivity index (χ2v) is 5.41. The van der Waals surface area contributed by atoms with E-state index < -0.39 is 11.4 Å². The molecule has 3 nitrogen and oxygen atoms in total. The minimum Gasteiger partial charge on any atom is -0.496 e. The molecule has 0 aliphatic carbocycles. The predicted molar refractivity (Wildman–Crippen MR) is 92.9 cm³/mol. The molecule has 0 atom stereocenters. The van der Waals surface area contributed by atoms with Crippen LogP contribution in [0, 0.1) is 5.82 Å². The lowest BCUT2D eigenvalue weighted by Gasteiger charge is -2.13. The van der Waals surface area contributed by atoms with Crippen molar-refractivity contribution in [2.75, 3.05) is 7.11 Å². The third-order valence-corrected chi connectivity index (χ3v) is 3.95. The van der Waals surface area contributed by atoms with Crippen LogP contribution in [-0.2, 0) is 6.42 Å². The lowest BCUT2D eigenvalue weighted by Crippen LogP contribution is -2.09. The molecule has 2 aromatic carbocycles. The Labute approximate surface area is 139 Å². The molecule has 0 aliphatic heterocycles. The van der Waals surface area contributed by atoms with Gasteiger partial charge in [-0.15, -0.1) is 6.58 Å². The molecule has 0 aliphatic rings. The molecular weight excluding hydrogens is 307 g/mol. The Morgan fingerprint density at radius 2 is 2.04 bits per heavy atom. The van der Waals surface area contributed by atoms with Gasteiger partial charge in [-0.3, -0.25) is 0 Å². The zero-order chi connectivity index (χ0) is 17.1. The molecule has 0 saturated heterocycles. The normalized spacial score (nSPS) is 10.8. The van der Waals surface area contributed by atoms with Gasteiger partial charge in [0.1, 0.15) is 17.1 Å². The van der Waals surface area contributed by atoms with Gasteiger partial charge in [-0.1, -0.05) is 24.3 Å². The highest BCUT2D eigenvalue weighted by Gasteiger charge is 2.19. The number of methoxy groups -OCH3 is 1. The monoisotopic (exact) mass is 324 g/mol. The molecular formula is C20H17FO3. The number of hydrogen-bond donors (Lipinski definition) is 0. The van der Waals surface area contributed by atoms with Crippen LogP contribution in [-0.4, -0.2) is 7.11 Å². The van der Waals surface area contributed by atoms with E-state index >= 15 is 0 Å². The van der Waals surface area contributed by atoms with Gasteiger partial charge in [-0.05, 0) is 36.6 Å². The molecule has 0 N–H and O–H groups in total. The summed E-state index contributed by atoms with van der Waals surface area (Å²) < 4.78 is 24.3. The van der Waals surface area contributed by atoms with E-state index in [4.69, 9.17) is 9.15 Å². The maximum Gasteiger partial charge on any atom is 0.344 e. The maximum absolute atomic E-state index is 13.5. The fraction of sp³-hybridized carbons (Fsp3) is 0.150. The molecule has 0 bridgehead atoms. The summed E-state index contributed by atoms with van der Waals surface area (Å²) in [4.78, 5) is 12.6. The second-order valence-electron chi connectivity index (χ2n) is 5.41. The van der Waals surface area contributed by atoms with E-state index in [-0.39, 0.29) is 5.58 Å². The number of allylic oxidation sites excluding steroid dienone is 1. The van der Waals surface area contributed by atoms with Crippen LogP contribution in [0.1, 0.15) is 12.0 Å². The van der Waals surface area contributed by atoms with Crippen LogP contribution in [0.5, 0.6) is 5.75 Å². The van der Waals surface area contributed by atoms with Crippen molar-refractivity contribution in [3.8, 4) is 16.9 Å². The number of aryl methyl sites for hydroxylation is 1. The molecule has 0 unspecified atom stereocenters. The number of ether oxygens (including phenoxy) is 1. The first-order chi connectivity index (χ1) is 11.7. The first-order valence-corrected chi connectivity index (χ1v) is 7.65. The average Bonchev–Trinajstić information content (AvgIpc) is 2.59. The summed E-state index contributed by atoms with van der Waals surface area (Å²) in [5, 5.41) is 0.721. The summed E-state index contributed by atoms with van der Waals surface area (Å²) in [5.74, 6) is 0.150. The van der Waals surface area contributed by atoms with Gasteiger partial charge in [-0.2, -0.15) is 0 Å². The molecule has 1 heterocycles. The molecule has 3 aromatic rings. The van der Waals surface area contributed by atoms with Crippen LogP contribution in [0.15, 0.2) is 64.3 Å². The number of hydrogen-bond acceptors (Lipinski definition) is 3. The first kappa shape index (κ1) is 16.0. The van der Waals surface area contributed by atoms with E-state index in [1.165, 1.54) is 12.1 Å². The molecule has 24 heavy (non-hydrogen) atoms. The van der Waals surface area contributed by atoms with E-state index in [0.717, 1.165) is 10.9 Å². The van der Waals surface area contributed by atoms with Crippen molar-refractivity contribution < 1.29 is 13.5 Å². The Kier molecular flexibility index (Phi) is 4.47. The van der Waals surface area contributed by atoms with Gasteiger partial charge in [0.25, 0.3) is 0 Å². The van der Waals surface area contributed by atoms with Gasteiger partial charge in [0.05, 0.1) is 12.7 Å². The number of fused-ring (bicyclic) bond motifs is 1. The van der Waals surface area contributed by atoms with Crippen LogP contribution in [0.4, 0.5) is 4.39 Å². The standard InChI is InChI=1S/C20H17FO3/c1-3-4-7-15-14-11-10-13(21)12-18(14)24-20(22)19(15)16-8-5-6-9-17(16)23-2/h3,5-6,8-12H,1,4,7H2,2H3. The average molecular weight is 324 g/mol. The van der Waals surface area contributed by atoms with E-state index in [2.05, 4.69) is 6.58 Å². The van der Waals surface area contributed by atoms with Crippen LogP contribution in [0.3, 0.4) is 0 Å². The zero-order valence-electron chi connectivity index (χ0n) is 13.3. The van der Waals surface area contributed by atoms with Crippen molar-refractivity contribution in [1.82, 2.24) is 0 Å². The summed E-state index contributed by atoms with van der Waals surface area (Å²) in [5.41, 5.74) is 1.67. The molecule has 4 heteroatoms. The quantitative estimate of drug-likeness (QED) is 0.503. The molecule has 122 valence electrons. The second kappa shape index (κ2) is 6.71. The van der Waals surface area contributed by atoms with Crippen LogP contribution < -0.4 is 10.4 Å². The summed E-state index contributed by atoms with van der Waals surface area (Å²) in [6.07, 6.45) is 3.08. The Balaban J connectivity index is 2.37. The van der Waals surface area contributed by atoms with Crippen LogP contribution in [0.2, 0.25) is 0 Å². The summed E-state index contributed by atoms with van der Waals surface area (Å²) in [7, 11) is 1.56.